The average Bonchev–Trinajstić information content (AvgIpc) is 2.79. The molecule has 22 heavy (non-hydrogen) atoms. The molecule has 0 radical (unpaired) electrons. The fourth-order valence-corrected chi connectivity index (χ4v) is 4.44. The summed E-state index contributed by atoms with van der Waals surface area (Å²) in [5.41, 5.74) is 1.30. The number of thioether (sulfide) groups is 1. The monoisotopic (exact) mass is 323 g/mol. The predicted octanol–water partition coefficient (Wildman–Crippen LogP) is 2.23. The second kappa shape index (κ2) is 6.92. The van der Waals surface area contributed by atoms with Crippen molar-refractivity contribution in [3.05, 3.63) is 29.8 Å². The second-order valence-electron chi connectivity index (χ2n) is 6.73. The van der Waals surface area contributed by atoms with Gasteiger partial charge in [-0.3, -0.25) is 4.79 Å². The first-order valence-electron chi connectivity index (χ1n) is 7.62. The molecular formula is C17H27N2O2S+. The Morgan fingerprint density at radius 3 is 2.50 bits per heavy atom. The lowest BCUT2D eigenvalue weighted by Crippen LogP contribution is -2.51. The van der Waals surface area contributed by atoms with Crippen LogP contribution in [-0.2, 0) is 10.5 Å². The third-order valence-electron chi connectivity index (χ3n) is 4.37. The molecule has 0 bridgehead atoms. The van der Waals surface area contributed by atoms with E-state index in [0.29, 0.717) is 5.25 Å². The van der Waals surface area contributed by atoms with E-state index in [9.17, 15) is 4.79 Å². The number of carbonyl (C=O) groups excluding carboxylic acids is 1. The summed E-state index contributed by atoms with van der Waals surface area (Å²) in [6.07, 6.45) is 0.963. The Hall–Kier alpha value is -1.20. The van der Waals surface area contributed by atoms with E-state index in [4.69, 9.17) is 4.74 Å². The Bertz CT molecular complexity index is 514. The van der Waals surface area contributed by atoms with Crippen LogP contribution in [0.4, 0.5) is 0 Å². The maximum absolute atomic E-state index is 12.3. The van der Waals surface area contributed by atoms with Gasteiger partial charge in [-0.2, -0.15) is 0 Å². The van der Waals surface area contributed by atoms with Gasteiger partial charge in [0.2, 0.25) is 0 Å². The number of hydrogen-bond donors (Lipinski definition) is 0. The van der Waals surface area contributed by atoms with Crippen molar-refractivity contribution in [3.63, 3.8) is 0 Å². The molecule has 0 spiro atoms. The van der Waals surface area contributed by atoms with Crippen molar-refractivity contribution in [1.29, 1.82) is 0 Å². The number of carbonyl (C=O) groups is 1. The van der Waals surface area contributed by atoms with E-state index >= 15 is 0 Å². The van der Waals surface area contributed by atoms with Crippen molar-refractivity contribution in [2.45, 2.75) is 23.5 Å². The molecule has 122 valence electrons. The van der Waals surface area contributed by atoms with Crippen molar-refractivity contribution >= 4 is 17.7 Å². The number of nitrogens with zero attached hydrogens (tertiary/aromatic N) is 2. The molecule has 0 unspecified atom stereocenters. The highest BCUT2D eigenvalue weighted by Crippen LogP contribution is 2.33. The van der Waals surface area contributed by atoms with Crippen LogP contribution in [0, 0.1) is 0 Å². The van der Waals surface area contributed by atoms with Gasteiger partial charge < -0.3 is 14.1 Å². The van der Waals surface area contributed by atoms with Gasteiger partial charge in [0.05, 0.1) is 33.0 Å². The molecule has 0 aliphatic carbocycles. The zero-order chi connectivity index (χ0) is 16.3. The maximum atomic E-state index is 12.3. The van der Waals surface area contributed by atoms with Gasteiger partial charge in [0.15, 0.2) is 6.04 Å². The van der Waals surface area contributed by atoms with Crippen molar-refractivity contribution in [3.8, 4) is 5.75 Å². The van der Waals surface area contributed by atoms with Crippen LogP contribution in [0.5, 0.6) is 5.75 Å². The molecule has 1 aromatic rings. The van der Waals surface area contributed by atoms with E-state index in [2.05, 4.69) is 26.2 Å². The number of ether oxygens (including phenoxy) is 1. The van der Waals surface area contributed by atoms with Gasteiger partial charge in [0.1, 0.15) is 5.75 Å². The van der Waals surface area contributed by atoms with E-state index in [1.807, 2.05) is 38.0 Å². The largest absolute Gasteiger partial charge is 0.497 e. The Morgan fingerprint density at radius 2 is 1.95 bits per heavy atom. The minimum absolute atomic E-state index is 0.0865. The zero-order valence-corrected chi connectivity index (χ0v) is 15.0. The van der Waals surface area contributed by atoms with Crippen LogP contribution >= 0.6 is 11.8 Å². The number of amides is 1. The van der Waals surface area contributed by atoms with Crippen LogP contribution in [0.15, 0.2) is 24.3 Å². The van der Waals surface area contributed by atoms with Gasteiger partial charge in [-0.05, 0) is 17.7 Å². The Morgan fingerprint density at radius 1 is 1.32 bits per heavy atom. The van der Waals surface area contributed by atoms with Gasteiger partial charge in [-0.15, -0.1) is 11.8 Å². The zero-order valence-electron chi connectivity index (χ0n) is 14.2. The highest BCUT2D eigenvalue weighted by atomic mass is 32.2. The third kappa shape index (κ3) is 3.96. The number of likely N-dealkylation sites (tertiary alicyclic amines) is 1. The van der Waals surface area contributed by atoms with E-state index in [0.717, 1.165) is 29.0 Å². The van der Waals surface area contributed by atoms with Crippen LogP contribution in [0.1, 0.15) is 12.0 Å². The summed E-state index contributed by atoms with van der Waals surface area (Å²) in [4.78, 5) is 14.1. The van der Waals surface area contributed by atoms with Gasteiger partial charge in [0, 0.05) is 26.3 Å². The smallest absolute Gasteiger partial charge is 0.280 e. The topological polar surface area (TPSA) is 29.5 Å². The highest BCUT2D eigenvalue weighted by Gasteiger charge is 2.45. The lowest BCUT2D eigenvalue weighted by Gasteiger charge is -2.31. The molecule has 2 rings (SSSR count). The predicted molar refractivity (Wildman–Crippen MR) is 92.2 cm³/mol. The van der Waals surface area contributed by atoms with Gasteiger partial charge in [-0.25, -0.2) is 0 Å². The number of methoxy groups -OCH3 is 1. The molecule has 1 aliphatic heterocycles. The molecule has 2 atom stereocenters. The molecule has 4 nitrogen and oxygen atoms in total. The quantitative estimate of drug-likeness (QED) is 0.778. The molecule has 0 N–H and O–H groups in total. The SMILES string of the molecule is COc1ccc(CS[C@H]2C[C@H](C(=O)N(C)C)[N+](C)(C)C2)cc1. The number of benzene rings is 1. The highest BCUT2D eigenvalue weighted by molar-refractivity contribution is 7.99. The van der Waals surface area contributed by atoms with Gasteiger partial charge >= 0.3 is 0 Å². The minimum atomic E-state index is 0.0865. The summed E-state index contributed by atoms with van der Waals surface area (Å²) in [7, 11) is 9.71. The first-order chi connectivity index (χ1) is 10.3. The summed E-state index contributed by atoms with van der Waals surface area (Å²) in [6.45, 7) is 1.05. The molecule has 1 fully saturated rings. The van der Waals surface area contributed by atoms with Crippen molar-refractivity contribution in [2.24, 2.45) is 0 Å². The Balaban J connectivity index is 1.93. The maximum Gasteiger partial charge on any atom is 0.280 e. The molecule has 1 amide bonds. The molecule has 1 aromatic carbocycles. The van der Waals surface area contributed by atoms with Crippen molar-refractivity contribution < 1.29 is 14.0 Å². The van der Waals surface area contributed by atoms with Crippen LogP contribution in [0.2, 0.25) is 0 Å². The van der Waals surface area contributed by atoms with Crippen LogP contribution in [-0.4, -0.2) is 68.4 Å². The first-order valence-corrected chi connectivity index (χ1v) is 8.66. The van der Waals surface area contributed by atoms with Crippen molar-refractivity contribution in [2.75, 3.05) is 41.8 Å². The summed E-state index contributed by atoms with van der Waals surface area (Å²) >= 11 is 1.96. The van der Waals surface area contributed by atoms with E-state index < -0.39 is 0 Å². The summed E-state index contributed by atoms with van der Waals surface area (Å²) in [5, 5.41) is 0.533. The minimum Gasteiger partial charge on any atom is -0.497 e. The normalized spacial score (nSPS) is 23.3. The summed E-state index contributed by atoms with van der Waals surface area (Å²) < 4.78 is 5.97. The summed E-state index contributed by atoms with van der Waals surface area (Å²) in [5.74, 6) is 2.12. The Labute approximate surface area is 138 Å². The second-order valence-corrected chi connectivity index (χ2v) is 8.02. The lowest BCUT2D eigenvalue weighted by molar-refractivity contribution is -0.893. The molecule has 1 heterocycles. The van der Waals surface area contributed by atoms with E-state index in [-0.39, 0.29) is 11.9 Å². The molecule has 1 aliphatic rings. The molecule has 0 aromatic heterocycles. The number of quaternary nitrogens is 1. The Kier molecular flexibility index (Phi) is 5.40. The fourth-order valence-electron chi connectivity index (χ4n) is 3.02. The number of rotatable bonds is 5. The van der Waals surface area contributed by atoms with Crippen molar-refractivity contribution in [1.82, 2.24) is 4.90 Å². The molecular weight excluding hydrogens is 296 g/mol. The number of likely N-dealkylation sites (N-methyl/N-ethyl adjacent to an activating group) is 2. The first kappa shape index (κ1) is 17.2. The average molecular weight is 323 g/mol. The summed E-state index contributed by atoms with van der Waals surface area (Å²) in [6, 6.07) is 8.32. The standard InChI is InChI=1S/C17H27N2O2S/c1-18(2)17(20)16-10-15(11-19(16,3)4)22-12-13-6-8-14(21-5)9-7-13/h6-9,15-16H,10-12H2,1-5H3/q+1/t15-,16+/m0/s1. The van der Waals surface area contributed by atoms with Crippen LogP contribution in [0.3, 0.4) is 0 Å². The molecule has 5 heteroatoms. The number of hydrogen-bond acceptors (Lipinski definition) is 3. The molecule has 1 saturated heterocycles. The van der Waals surface area contributed by atoms with Crippen LogP contribution < -0.4 is 4.74 Å². The van der Waals surface area contributed by atoms with E-state index in [1.54, 1.807) is 12.0 Å². The van der Waals surface area contributed by atoms with Crippen LogP contribution in [0.25, 0.3) is 0 Å². The van der Waals surface area contributed by atoms with Gasteiger partial charge in [-0.1, -0.05) is 12.1 Å². The van der Waals surface area contributed by atoms with Gasteiger partial charge in [0.25, 0.3) is 5.91 Å². The van der Waals surface area contributed by atoms with E-state index in [1.165, 1.54) is 5.56 Å². The molecule has 0 saturated carbocycles. The lowest BCUT2D eigenvalue weighted by atomic mass is 10.2. The third-order valence-corrected chi connectivity index (χ3v) is 5.69. The fraction of sp³-hybridized carbons (Fsp3) is 0.588.